The first-order chi connectivity index (χ1) is 11.2. The van der Waals surface area contributed by atoms with Crippen LogP contribution in [0.1, 0.15) is 11.1 Å². The highest BCUT2D eigenvalue weighted by molar-refractivity contribution is 5.77. The molecule has 0 heterocycles. The Morgan fingerprint density at radius 2 is 1.70 bits per heavy atom. The summed E-state index contributed by atoms with van der Waals surface area (Å²) in [6.07, 6.45) is 0.772. The van der Waals surface area contributed by atoms with Crippen LogP contribution in [0.5, 0.6) is 5.75 Å². The highest BCUT2D eigenvalue weighted by Crippen LogP contribution is 2.11. The van der Waals surface area contributed by atoms with Crippen molar-refractivity contribution in [3.05, 3.63) is 65.5 Å². The van der Waals surface area contributed by atoms with Gasteiger partial charge in [0.2, 0.25) is 5.91 Å². The molecule has 0 aromatic heterocycles. The molecule has 0 saturated heterocycles. The minimum Gasteiger partial charge on any atom is -0.497 e. The van der Waals surface area contributed by atoms with Crippen molar-refractivity contribution >= 4 is 5.91 Å². The lowest BCUT2D eigenvalue weighted by molar-refractivity contribution is -0.120. The maximum absolute atomic E-state index is 12.8. The van der Waals surface area contributed by atoms with E-state index in [9.17, 15) is 9.18 Å². The molecule has 5 heteroatoms. The third-order valence-corrected chi connectivity index (χ3v) is 3.42. The van der Waals surface area contributed by atoms with Gasteiger partial charge in [0.05, 0.1) is 13.7 Å². The molecular weight excluding hydrogens is 295 g/mol. The Hall–Kier alpha value is -2.40. The number of carbonyl (C=O) groups excluding carboxylic acids is 1. The number of methoxy groups -OCH3 is 1. The smallest absolute Gasteiger partial charge is 0.233 e. The van der Waals surface area contributed by atoms with Crippen LogP contribution in [0.25, 0.3) is 0 Å². The van der Waals surface area contributed by atoms with Crippen LogP contribution in [-0.4, -0.2) is 26.1 Å². The SMILES string of the molecule is COc1ccc(CCNC(=O)CNCc2ccc(F)cc2)cc1. The van der Waals surface area contributed by atoms with Crippen LogP contribution >= 0.6 is 0 Å². The van der Waals surface area contributed by atoms with Gasteiger partial charge >= 0.3 is 0 Å². The van der Waals surface area contributed by atoms with E-state index < -0.39 is 0 Å². The van der Waals surface area contributed by atoms with E-state index in [0.717, 1.165) is 23.3 Å². The summed E-state index contributed by atoms with van der Waals surface area (Å²) < 4.78 is 17.9. The van der Waals surface area contributed by atoms with Gasteiger partial charge in [0.15, 0.2) is 0 Å². The summed E-state index contributed by atoms with van der Waals surface area (Å²) in [7, 11) is 1.63. The van der Waals surface area contributed by atoms with Crippen LogP contribution in [0, 0.1) is 5.82 Å². The normalized spacial score (nSPS) is 10.3. The lowest BCUT2D eigenvalue weighted by Crippen LogP contribution is -2.34. The summed E-state index contributed by atoms with van der Waals surface area (Å²) in [6, 6.07) is 14.0. The Balaban J connectivity index is 1.62. The van der Waals surface area contributed by atoms with Crippen LogP contribution in [0.4, 0.5) is 4.39 Å². The van der Waals surface area contributed by atoms with Gasteiger partial charge in [0.1, 0.15) is 11.6 Å². The van der Waals surface area contributed by atoms with Crippen molar-refractivity contribution in [3.63, 3.8) is 0 Å². The Morgan fingerprint density at radius 1 is 1.04 bits per heavy atom. The molecule has 2 N–H and O–H groups in total. The van der Waals surface area contributed by atoms with Gasteiger partial charge in [0.25, 0.3) is 0 Å². The van der Waals surface area contributed by atoms with Gasteiger partial charge in [-0.2, -0.15) is 0 Å². The van der Waals surface area contributed by atoms with Gasteiger partial charge in [-0.3, -0.25) is 4.79 Å². The zero-order chi connectivity index (χ0) is 16.5. The van der Waals surface area contributed by atoms with Crippen molar-refractivity contribution < 1.29 is 13.9 Å². The molecule has 0 aliphatic carbocycles. The Morgan fingerprint density at radius 3 is 2.35 bits per heavy atom. The van der Waals surface area contributed by atoms with E-state index in [1.54, 1.807) is 19.2 Å². The summed E-state index contributed by atoms with van der Waals surface area (Å²) in [5.74, 6) is 0.508. The molecule has 0 fully saturated rings. The molecule has 0 aliphatic heterocycles. The first kappa shape index (κ1) is 17.0. The second kappa shape index (κ2) is 8.90. The molecule has 0 atom stereocenters. The number of carbonyl (C=O) groups is 1. The number of benzene rings is 2. The molecule has 1 amide bonds. The fraction of sp³-hybridized carbons (Fsp3) is 0.278. The Labute approximate surface area is 135 Å². The lowest BCUT2D eigenvalue weighted by atomic mass is 10.1. The molecule has 2 aromatic carbocycles. The average Bonchev–Trinajstić information content (AvgIpc) is 2.57. The maximum Gasteiger partial charge on any atom is 0.233 e. The molecule has 2 rings (SSSR count). The second-order valence-electron chi connectivity index (χ2n) is 5.18. The van der Waals surface area contributed by atoms with Crippen LogP contribution in [-0.2, 0) is 17.8 Å². The Kier molecular flexibility index (Phi) is 6.56. The van der Waals surface area contributed by atoms with Crippen molar-refractivity contribution in [2.45, 2.75) is 13.0 Å². The molecule has 0 radical (unpaired) electrons. The highest BCUT2D eigenvalue weighted by atomic mass is 19.1. The summed E-state index contributed by atoms with van der Waals surface area (Å²) in [5.41, 5.74) is 2.09. The summed E-state index contributed by atoms with van der Waals surface area (Å²) in [4.78, 5) is 11.7. The first-order valence-corrected chi connectivity index (χ1v) is 7.52. The number of ether oxygens (including phenoxy) is 1. The van der Waals surface area contributed by atoms with Crippen LogP contribution in [0.3, 0.4) is 0 Å². The monoisotopic (exact) mass is 316 g/mol. The van der Waals surface area contributed by atoms with E-state index >= 15 is 0 Å². The molecule has 4 nitrogen and oxygen atoms in total. The van der Waals surface area contributed by atoms with Crippen molar-refractivity contribution in [2.24, 2.45) is 0 Å². The van der Waals surface area contributed by atoms with Crippen LogP contribution in [0.2, 0.25) is 0 Å². The predicted octanol–water partition coefficient (Wildman–Crippen LogP) is 2.28. The number of hydrogen-bond donors (Lipinski definition) is 2. The number of halogens is 1. The van der Waals surface area contributed by atoms with Gasteiger partial charge < -0.3 is 15.4 Å². The Bertz CT molecular complexity index is 612. The van der Waals surface area contributed by atoms with Gasteiger partial charge in [-0.15, -0.1) is 0 Å². The van der Waals surface area contributed by atoms with E-state index in [1.165, 1.54) is 12.1 Å². The fourth-order valence-electron chi connectivity index (χ4n) is 2.12. The molecule has 0 saturated carbocycles. The van der Waals surface area contributed by atoms with E-state index in [0.29, 0.717) is 13.1 Å². The van der Waals surface area contributed by atoms with E-state index in [4.69, 9.17) is 4.74 Å². The van der Waals surface area contributed by atoms with Gasteiger partial charge in [-0.05, 0) is 41.8 Å². The second-order valence-corrected chi connectivity index (χ2v) is 5.18. The van der Waals surface area contributed by atoms with Gasteiger partial charge in [-0.25, -0.2) is 4.39 Å². The summed E-state index contributed by atoms with van der Waals surface area (Å²) in [6.45, 7) is 1.36. The van der Waals surface area contributed by atoms with Gasteiger partial charge in [0, 0.05) is 13.1 Å². The van der Waals surface area contributed by atoms with Crippen LogP contribution < -0.4 is 15.4 Å². The van der Waals surface area contributed by atoms with E-state index in [-0.39, 0.29) is 18.3 Å². The summed E-state index contributed by atoms with van der Waals surface area (Å²) >= 11 is 0. The largest absolute Gasteiger partial charge is 0.497 e. The predicted molar refractivity (Wildman–Crippen MR) is 87.8 cm³/mol. The first-order valence-electron chi connectivity index (χ1n) is 7.52. The number of rotatable bonds is 8. The molecule has 23 heavy (non-hydrogen) atoms. The van der Waals surface area contributed by atoms with Gasteiger partial charge in [-0.1, -0.05) is 24.3 Å². The number of nitrogens with one attached hydrogen (secondary N) is 2. The minimum absolute atomic E-state index is 0.0550. The molecule has 0 unspecified atom stereocenters. The lowest BCUT2D eigenvalue weighted by Gasteiger charge is -2.07. The third-order valence-electron chi connectivity index (χ3n) is 3.42. The quantitative estimate of drug-likeness (QED) is 0.785. The minimum atomic E-state index is -0.259. The molecule has 0 spiro atoms. The summed E-state index contributed by atoms with van der Waals surface area (Å²) in [5, 5.41) is 5.90. The number of amides is 1. The van der Waals surface area contributed by atoms with Crippen molar-refractivity contribution in [1.29, 1.82) is 0 Å². The number of hydrogen-bond acceptors (Lipinski definition) is 3. The van der Waals surface area contributed by atoms with Crippen molar-refractivity contribution in [3.8, 4) is 5.75 Å². The fourth-order valence-corrected chi connectivity index (χ4v) is 2.12. The highest BCUT2D eigenvalue weighted by Gasteiger charge is 2.01. The van der Waals surface area contributed by atoms with E-state index in [1.807, 2.05) is 24.3 Å². The van der Waals surface area contributed by atoms with Crippen molar-refractivity contribution in [1.82, 2.24) is 10.6 Å². The standard InChI is InChI=1S/C18H21FN2O2/c1-23-17-8-4-14(5-9-17)10-11-21-18(22)13-20-12-15-2-6-16(19)7-3-15/h2-9,20H,10-13H2,1H3,(H,21,22). The molecule has 122 valence electrons. The maximum atomic E-state index is 12.8. The van der Waals surface area contributed by atoms with E-state index in [2.05, 4.69) is 10.6 Å². The molecule has 0 bridgehead atoms. The average molecular weight is 316 g/mol. The topological polar surface area (TPSA) is 50.4 Å². The zero-order valence-corrected chi connectivity index (χ0v) is 13.1. The third kappa shape index (κ3) is 6.08. The zero-order valence-electron chi connectivity index (χ0n) is 13.1. The molecular formula is C18H21FN2O2. The van der Waals surface area contributed by atoms with Crippen LogP contribution in [0.15, 0.2) is 48.5 Å². The molecule has 0 aliphatic rings. The molecule has 2 aromatic rings. The van der Waals surface area contributed by atoms with Crippen molar-refractivity contribution in [2.75, 3.05) is 20.2 Å².